The number of hydrogen-bond donors (Lipinski definition) is 1. The van der Waals surface area contributed by atoms with Gasteiger partial charge in [-0.05, 0) is 55.1 Å². The van der Waals surface area contributed by atoms with E-state index < -0.39 is 11.6 Å². The van der Waals surface area contributed by atoms with Gasteiger partial charge in [-0.1, -0.05) is 37.3 Å². The highest BCUT2D eigenvalue weighted by atomic mass is 19.2. The van der Waals surface area contributed by atoms with Crippen molar-refractivity contribution in [2.24, 2.45) is 0 Å². The van der Waals surface area contributed by atoms with E-state index in [1.165, 1.54) is 5.56 Å². The second kappa shape index (κ2) is 6.81. The maximum Gasteiger partial charge on any atom is 0.162 e. The van der Waals surface area contributed by atoms with Crippen LogP contribution in [0.5, 0.6) is 0 Å². The summed E-state index contributed by atoms with van der Waals surface area (Å²) in [5.41, 5.74) is 3.90. The molecule has 0 fully saturated rings. The van der Waals surface area contributed by atoms with Crippen molar-refractivity contribution in [3.63, 3.8) is 0 Å². The van der Waals surface area contributed by atoms with Gasteiger partial charge >= 0.3 is 0 Å². The molecule has 2 aromatic rings. The zero-order chi connectivity index (χ0) is 15.4. The van der Waals surface area contributed by atoms with Gasteiger partial charge in [0, 0.05) is 6.04 Å². The second-order valence-electron chi connectivity index (χ2n) is 5.33. The molecule has 0 amide bonds. The fourth-order valence-electron chi connectivity index (χ4n) is 2.83. The largest absolute Gasteiger partial charge is 0.310 e. The lowest BCUT2D eigenvalue weighted by atomic mass is 9.91. The van der Waals surface area contributed by atoms with Crippen molar-refractivity contribution in [1.82, 2.24) is 5.32 Å². The minimum absolute atomic E-state index is 0.0208. The first kappa shape index (κ1) is 15.6. The van der Waals surface area contributed by atoms with E-state index in [4.69, 9.17) is 0 Å². The summed E-state index contributed by atoms with van der Waals surface area (Å²) in [7, 11) is 0. The zero-order valence-electron chi connectivity index (χ0n) is 12.7. The van der Waals surface area contributed by atoms with E-state index in [2.05, 4.69) is 31.3 Å². The van der Waals surface area contributed by atoms with E-state index in [0.717, 1.165) is 23.7 Å². The van der Waals surface area contributed by atoms with Gasteiger partial charge in [0.15, 0.2) is 11.6 Å². The van der Waals surface area contributed by atoms with Crippen LogP contribution in [0.4, 0.5) is 8.78 Å². The standard InChI is InChI=1S/C18H21F2N/c1-4-21-16(17-12(2)7-5-8-13(17)3)11-14-9-6-10-15(19)18(14)20/h5-10,16,21H,4,11H2,1-3H3. The molecule has 1 atom stereocenters. The minimum Gasteiger partial charge on any atom is -0.310 e. The summed E-state index contributed by atoms with van der Waals surface area (Å²) in [4.78, 5) is 0. The number of hydrogen-bond acceptors (Lipinski definition) is 1. The molecule has 2 rings (SSSR count). The average Bonchev–Trinajstić information content (AvgIpc) is 2.44. The molecule has 0 saturated carbocycles. The molecule has 0 saturated heterocycles. The van der Waals surface area contributed by atoms with Crippen LogP contribution in [0.3, 0.4) is 0 Å². The van der Waals surface area contributed by atoms with Gasteiger partial charge in [0.25, 0.3) is 0 Å². The third-order valence-electron chi connectivity index (χ3n) is 3.80. The van der Waals surface area contributed by atoms with Gasteiger partial charge in [0.2, 0.25) is 0 Å². The van der Waals surface area contributed by atoms with Crippen LogP contribution in [-0.2, 0) is 6.42 Å². The normalized spacial score (nSPS) is 12.4. The summed E-state index contributed by atoms with van der Waals surface area (Å²) in [6, 6.07) is 10.5. The number of aryl methyl sites for hydroxylation is 2. The number of benzene rings is 2. The fourth-order valence-corrected chi connectivity index (χ4v) is 2.83. The predicted molar refractivity (Wildman–Crippen MR) is 82.4 cm³/mol. The highest BCUT2D eigenvalue weighted by Crippen LogP contribution is 2.26. The van der Waals surface area contributed by atoms with Crippen molar-refractivity contribution in [2.75, 3.05) is 6.54 Å². The summed E-state index contributed by atoms with van der Waals surface area (Å²) < 4.78 is 27.3. The van der Waals surface area contributed by atoms with Gasteiger partial charge in [-0.25, -0.2) is 8.78 Å². The fraction of sp³-hybridized carbons (Fsp3) is 0.333. The van der Waals surface area contributed by atoms with Crippen molar-refractivity contribution >= 4 is 0 Å². The Morgan fingerprint density at radius 1 is 1.00 bits per heavy atom. The highest BCUT2D eigenvalue weighted by Gasteiger charge is 2.18. The van der Waals surface area contributed by atoms with Gasteiger partial charge in [0.05, 0.1) is 0 Å². The molecule has 0 aliphatic carbocycles. The third-order valence-corrected chi connectivity index (χ3v) is 3.80. The first-order valence-electron chi connectivity index (χ1n) is 7.27. The Hall–Kier alpha value is -1.74. The van der Waals surface area contributed by atoms with Crippen molar-refractivity contribution in [1.29, 1.82) is 0 Å². The molecule has 21 heavy (non-hydrogen) atoms. The summed E-state index contributed by atoms with van der Waals surface area (Å²) >= 11 is 0. The lowest BCUT2D eigenvalue weighted by Gasteiger charge is -2.23. The van der Waals surface area contributed by atoms with Crippen LogP contribution in [0.2, 0.25) is 0 Å². The van der Waals surface area contributed by atoms with Crippen LogP contribution < -0.4 is 5.32 Å². The molecule has 0 bridgehead atoms. The quantitative estimate of drug-likeness (QED) is 0.856. The number of likely N-dealkylation sites (N-methyl/N-ethyl adjacent to an activating group) is 1. The van der Waals surface area contributed by atoms with E-state index in [1.807, 2.05) is 13.0 Å². The molecule has 0 radical (unpaired) electrons. The number of halogens is 2. The van der Waals surface area contributed by atoms with Crippen LogP contribution in [0.25, 0.3) is 0 Å². The van der Waals surface area contributed by atoms with Gasteiger partial charge in [-0.3, -0.25) is 0 Å². The summed E-state index contributed by atoms with van der Waals surface area (Å²) in [6.45, 7) is 6.89. The number of nitrogens with one attached hydrogen (secondary N) is 1. The van der Waals surface area contributed by atoms with E-state index in [1.54, 1.807) is 12.1 Å². The Balaban J connectivity index is 2.38. The van der Waals surface area contributed by atoms with Gasteiger partial charge in [-0.2, -0.15) is 0 Å². The second-order valence-corrected chi connectivity index (χ2v) is 5.33. The maximum atomic E-state index is 13.9. The first-order valence-corrected chi connectivity index (χ1v) is 7.27. The summed E-state index contributed by atoms with van der Waals surface area (Å²) in [6.07, 6.45) is 0.434. The van der Waals surface area contributed by atoms with E-state index in [0.29, 0.717) is 12.0 Å². The SMILES string of the molecule is CCNC(Cc1cccc(F)c1F)c1c(C)cccc1C. The highest BCUT2D eigenvalue weighted by molar-refractivity contribution is 5.37. The molecule has 0 aromatic heterocycles. The Kier molecular flexibility index (Phi) is 5.07. The molecule has 1 nitrogen and oxygen atoms in total. The molecule has 0 aliphatic rings. The molecule has 0 heterocycles. The summed E-state index contributed by atoms with van der Waals surface area (Å²) in [5, 5.41) is 3.39. The molecular formula is C18H21F2N. The average molecular weight is 289 g/mol. The first-order chi connectivity index (χ1) is 10.0. The molecule has 1 N–H and O–H groups in total. The van der Waals surface area contributed by atoms with Crippen molar-refractivity contribution in [3.05, 3.63) is 70.3 Å². The third kappa shape index (κ3) is 3.48. The molecule has 0 aliphatic heterocycles. The van der Waals surface area contributed by atoms with E-state index >= 15 is 0 Å². The molecule has 2 aromatic carbocycles. The van der Waals surface area contributed by atoms with Crippen LogP contribution in [0.15, 0.2) is 36.4 Å². The van der Waals surface area contributed by atoms with Crippen LogP contribution in [-0.4, -0.2) is 6.54 Å². The van der Waals surface area contributed by atoms with Crippen LogP contribution >= 0.6 is 0 Å². The molecule has 3 heteroatoms. The van der Waals surface area contributed by atoms with Crippen molar-refractivity contribution < 1.29 is 8.78 Å². The van der Waals surface area contributed by atoms with Gasteiger partial charge < -0.3 is 5.32 Å². The van der Waals surface area contributed by atoms with E-state index in [-0.39, 0.29) is 6.04 Å². The smallest absolute Gasteiger partial charge is 0.162 e. The Bertz CT molecular complexity index is 602. The summed E-state index contributed by atoms with van der Waals surface area (Å²) in [5.74, 6) is -1.53. The maximum absolute atomic E-state index is 13.9. The number of rotatable bonds is 5. The topological polar surface area (TPSA) is 12.0 Å². The molecular weight excluding hydrogens is 268 g/mol. The monoisotopic (exact) mass is 289 g/mol. The van der Waals surface area contributed by atoms with Gasteiger partial charge in [0.1, 0.15) is 0 Å². The van der Waals surface area contributed by atoms with Crippen molar-refractivity contribution in [3.8, 4) is 0 Å². The Morgan fingerprint density at radius 2 is 1.62 bits per heavy atom. The predicted octanol–water partition coefficient (Wildman–Crippen LogP) is 4.47. The zero-order valence-corrected chi connectivity index (χ0v) is 12.7. The molecule has 1 unspecified atom stereocenters. The Morgan fingerprint density at radius 3 is 2.24 bits per heavy atom. The Labute approximate surface area is 125 Å². The minimum atomic E-state index is -0.788. The molecule has 112 valence electrons. The van der Waals surface area contributed by atoms with Crippen molar-refractivity contribution in [2.45, 2.75) is 33.2 Å². The molecule has 0 spiro atoms. The van der Waals surface area contributed by atoms with E-state index in [9.17, 15) is 8.78 Å². The lowest BCUT2D eigenvalue weighted by molar-refractivity contribution is 0.480. The van der Waals surface area contributed by atoms with Crippen LogP contribution in [0.1, 0.15) is 35.2 Å². The lowest BCUT2D eigenvalue weighted by Crippen LogP contribution is -2.25. The van der Waals surface area contributed by atoms with Crippen LogP contribution in [0, 0.1) is 25.5 Å². The van der Waals surface area contributed by atoms with Gasteiger partial charge in [-0.15, -0.1) is 0 Å².